The molecule has 0 rings (SSSR count). The minimum Gasteiger partial charge on any atom is -0.796 e. The van der Waals surface area contributed by atoms with Crippen LogP contribution in [0.3, 0.4) is 0 Å². The Labute approximate surface area is 75.9 Å². The van der Waals surface area contributed by atoms with Gasteiger partial charge in [0, 0.05) is 0 Å². The van der Waals surface area contributed by atoms with Gasteiger partial charge in [0.1, 0.15) is 0 Å². The Hall–Kier alpha value is 0.137. The van der Waals surface area contributed by atoms with Gasteiger partial charge < -0.3 is 5.11 Å². The molecular weight excluding hydrogens is 185 g/mol. The summed E-state index contributed by atoms with van der Waals surface area (Å²) in [5.41, 5.74) is -5.01. The molecule has 0 saturated heterocycles. The Morgan fingerprint density at radius 3 is 1.17 bits per heavy atom. The summed E-state index contributed by atoms with van der Waals surface area (Å²) < 4.78 is 68.4. The third-order valence-electron chi connectivity index (χ3n) is 1.08. The largest absolute Gasteiger partial charge is 1.00 e. The van der Waals surface area contributed by atoms with Gasteiger partial charge in [-0.3, -0.25) is 0 Å². The molecule has 0 radical (unpaired) electrons. The molecule has 0 fully saturated rings. The number of rotatable bonds is 1. The molecule has 1 nitrogen and oxygen atoms in total. The van der Waals surface area contributed by atoms with Crippen molar-refractivity contribution < 1.29 is 50.3 Å². The van der Waals surface area contributed by atoms with Gasteiger partial charge in [0.15, 0.2) is 0 Å². The molecule has 1 unspecified atom stereocenters. The van der Waals surface area contributed by atoms with Crippen LogP contribution in [-0.2, 0) is 0 Å². The first-order valence-corrected chi connectivity index (χ1v) is 2.34. The van der Waals surface area contributed by atoms with Crippen molar-refractivity contribution in [2.24, 2.45) is 0 Å². The zero-order valence-electron chi connectivity index (χ0n) is 6.18. The van der Waals surface area contributed by atoms with Gasteiger partial charge >= 0.3 is 25.0 Å². The molecule has 68 valence electrons. The second-order valence-corrected chi connectivity index (χ2v) is 2.02. The first kappa shape index (κ1) is 14.7. The van der Waals surface area contributed by atoms with E-state index in [4.69, 9.17) is 0 Å². The van der Waals surface area contributed by atoms with E-state index in [0.717, 1.165) is 0 Å². The molecule has 0 heterocycles. The summed E-state index contributed by atoms with van der Waals surface area (Å²) in [5, 5.41) is 9.34. The van der Waals surface area contributed by atoms with E-state index in [9.17, 15) is 31.4 Å². The topological polar surface area (TPSA) is 23.1 Å². The third kappa shape index (κ3) is 2.57. The van der Waals surface area contributed by atoms with Gasteiger partial charge in [0.05, 0.1) is 0 Å². The Morgan fingerprint density at radius 2 is 1.17 bits per heavy atom. The summed E-state index contributed by atoms with van der Waals surface area (Å²) in [7, 11) is 0. The molecule has 0 aliphatic heterocycles. The molecule has 1 atom stereocenters. The van der Waals surface area contributed by atoms with Crippen LogP contribution < -0.4 is 24.0 Å². The van der Waals surface area contributed by atoms with Crippen molar-refractivity contribution in [3.8, 4) is 0 Å². The van der Waals surface area contributed by atoms with E-state index in [1.807, 2.05) is 0 Å². The molecule has 0 saturated carbocycles. The van der Waals surface area contributed by atoms with Crippen LogP contribution in [0.1, 0.15) is 6.92 Å². The van der Waals surface area contributed by atoms with Crippen LogP contribution in [0.2, 0.25) is 0 Å². The summed E-state index contributed by atoms with van der Waals surface area (Å²) in [4.78, 5) is 0. The minimum absolute atomic E-state index is 0. The molecule has 0 aliphatic carbocycles. The van der Waals surface area contributed by atoms with Gasteiger partial charge in [-0.2, -0.15) is 13.2 Å². The Morgan fingerprint density at radius 1 is 0.917 bits per heavy atom. The Balaban J connectivity index is 0. The van der Waals surface area contributed by atoms with Crippen molar-refractivity contribution in [2.45, 2.75) is 24.9 Å². The molecule has 0 aromatic carbocycles. The number of hydrogen-bond acceptors (Lipinski definition) is 1. The molecule has 0 aromatic heterocycles. The fourth-order valence-corrected chi connectivity index (χ4v) is 0.165. The molecule has 0 aromatic rings. The van der Waals surface area contributed by atoms with Crippen LogP contribution >= 0.6 is 0 Å². The average molecular weight is 188 g/mol. The Kier molecular flexibility index (Phi) is 4.25. The summed E-state index contributed by atoms with van der Waals surface area (Å²) in [6, 6.07) is 0. The van der Waals surface area contributed by atoms with Crippen LogP contribution in [0, 0.1) is 0 Å². The number of halogens is 6. The number of alkyl halides is 6. The van der Waals surface area contributed by atoms with E-state index >= 15 is 0 Å². The van der Waals surface area contributed by atoms with Crippen LogP contribution in [0.15, 0.2) is 0 Å². The van der Waals surface area contributed by atoms with Gasteiger partial charge in [0.25, 0.3) is 5.67 Å². The normalized spacial score (nSPS) is 18.0. The van der Waals surface area contributed by atoms with E-state index in [-0.39, 0.29) is 18.9 Å². The molecule has 0 aliphatic rings. The second kappa shape index (κ2) is 3.48. The fraction of sp³-hybridized carbons (Fsp3) is 1.00. The summed E-state index contributed by atoms with van der Waals surface area (Å²) >= 11 is 0. The molecule has 0 N–H and O–H groups in total. The minimum atomic E-state index is -5.85. The summed E-state index contributed by atoms with van der Waals surface area (Å²) in [5.74, 6) is 0. The molecule has 8 heteroatoms. The van der Waals surface area contributed by atoms with E-state index in [1.165, 1.54) is 0 Å². The van der Waals surface area contributed by atoms with Gasteiger partial charge in [-0.25, -0.2) is 13.2 Å². The first-order chi connectivity index (χ1) is 4.50. The van der Waals surface area contributed by atoms with Gasteiger partial charge in [-0.1, -0.05) is 0 Å². The van der Waals surface area contributed by atoms with Crippen molar-refractivity contribution in [3.63, 3.8) is 0 Å². The zero-order chi connectivity index (χ0) is 9.50. The SMILES string of the molecule is CC(F)(C([O-])(F)F)C(F)(F)F.[Li+]. The Bertz CT molecular complexity index is 131. The van der Waals surface area contributed by atoms with Gasteiger partial charge in [-0.05, 0) is 6.92 Å². The second-order valence-electron chi connectivity index (χ2n) is 2.02. The van der Waals surface area contributed by atoms with Crippen molar-refractivity contribution in [3.05, 3.63) is 0 Å². The van der Waals surface area contributed by atoms with Crippen molar-refractivity contribution in [2.75, 3.05) is 0 Å². The predicted molar refractivity (Wildman–Crippen MR) is 20.5 cm³/mol. The van der Waals surface area contributed by atoms with Crippen LogP contribution in [-0.4, -0.2) is 18.0 Å². The summed E-state index contributed by atoms with van der Waals surface area (Å²) in [6.07, 6.45) is -11.5. The first-order valence-electron chi connectivity index (χ1n) is 2.34. The quantitative estimate of drug-likeness (QED) is 0.353. The third-order valence-corrected chi connectivity index (χ3v) is 1.08. The van der Waals surface area contributed by atoms with Crippen LogP contribution in [0.25, 0.3) is 0 Å². The van der Waals surface area contributed by atoms with E-state index in [2.05, 4.69) is 0 Å². The van der Waals surface area contributed by atoms with Gasteiger partial charge in [-0.15, -0.1) is 0 Å². The maximum Gasteiger partial charge on any atom is 1.00 e. The summed E-state index contributed by atoms with van der Waals surface area (Å²) in [6.45, 7) is -0.500. The van der Waals surface area contributed by atoms with Crippen LogP contribution in [0.5, 0.6) is 0 Å². The molecule has 0 spiro atoms. The standard InChI is InChI=1S/C4H3F6O.Li/c1-2(5,3(6,7)8)4(9,10)11;/h1H3;/q-1;+1. The monoisotopic (exact) mass is 188 g/mol. The van der Waals surface area contributed by atoms with Crippen LogP contribution in [0.4, 0.5) is 26.3 Å². The maximum atomic E-state index is 11.9. The zero-order valence-corrected chi connectivity index (χ0v) is 6.18. The molecular formula is C4H3F6LiO. The van der Waals surface area contributed by atoms with E-state index in [1.54, 1.807) is 0 Å². The average Bonchev–Trinajstić information content (AvgIpc) is 1.58. The van der Waals surface area contributed by atoms with Gasteiger partial charge in [0.2, 0.25) is 6.11 Å². The predicted octanol–water partition coefficient (Wildman–Crippen LogP) is -1.77. The molecule has 0 bridgehead atoms. The van der Waals surface area contributed by atoms with Crippen molar-refractivity contribution >= 4 is 0 Å². The van der Waals surface area contributed by atoms with E-state index < -0.39 is 24.9 Å². The maximum absolute atomic E-state index is 11.9. The molecule has 12 heavy (non-hydrogen) atoms. The molecule has 0 amide bonds. The smallest absolute Gasteiger partial charge is 0.796 e. The van der Waals surface area contributed by atoms with Crippen molar-refractivity contribution in [1.29, 1.82) is 0 Å². The van der Waals surface area contributed by atoms with E-state index in [0.29, 0.717) is 0 Å². The van der Waals surface area contributed by atoms with Crippen molar-refractivity contribution in [1.82, 2.24) is 0 Å². The number of hydrogen-bond donors (Lipinski definition) is 0. The fourth-order valence-electron chi connectivity index (χ4n) is 0.165.